The average Bonchev–Trinajstić information content (AvgIpc) is 2.92. The summed E-state index contributed by atoms with van der Waals surface area (Å²) >= 11 is 0. The molecule has 0 amide bonds. The second kappa shape index (κ2) is 6.65. The first-order valence-electron chi connectivity index (χ1n) is 6.90. The highest BCUT2D eigenvalue weighted by molar-refractivity contribution is 5.43. The second-order valence-corrected chi connectivity index (χ2v) is 4.87. The number of likely N-dealkylation sites (tertiary alicyclic amines) is 1. The van der Waals surface area contributed by atoms with Gasteiger partial charge in [0.1, 0.15) is 0 Å². The quantitative estimate of drug-likeness (QED) is 0.848. The van der Waals surface area contributed by atoms with Gasteiger partial charge in [0.15, 0.2) is 11.6 Å². The zero-order chi connectivity index (χ0) is 13.7. The Balaban J connectivity index is 1.96. The molecule has 0 aliphatic carbocycles. The van der Waals surface area contributed by atoms with Gasteiger partial charge in [-0.15, -0.1) is 0 Å². The zero-order valence-electron chi connectivity index (χ0n) is 11.7. The van der Waals surface area contributed by atoms with Crippen molar-refractivity contribution in [3.63, 3.8) is 0 Å². The number of hydrogen-bond acceptors (Lipinski definition) is 5. The lowest BCUT2D eigenvalue weighted by Crippen LogP contribution is -2.32. The van der Waals surface area contributed by atoms with Gasteiger partial charge in [0.05, 0.1) is 6.20 Å². The molecule has 1 aromatic rings. The van der Waals surface area contributed by atoms with Crippen molar-refractivity contribution in [1.29, 1.82) is 0 Å². The van der Waals surface area contributed by atoms with Crippen molar-refractivity contribution in [2.45, 2.75) is 19.8 Å². The van der Waals surface area contributed by atoms with E-state index in [1.807, 2.05) is 18.9 Å². The summed E-state index contributed by atoms with van der Waals surface area (Å²) < 4.78 is 13.8. The van der Waals surface area contributed by atoms with Crippen LogP contribution in [0.3, 0.4) is 0 Å². The summed E-state index contributed by atoms with van der Waals surface area (Å²) in [5, 5.41) is 3.00. The maximum Gasteiger partial charge on any atom is 0.224 e. The van der Waals surface area contributed by atoms with Crippen molar-refractivity contribution in [2.24, 2.45) is 0 Å². The maximum absolute atomic E-state index is 13.8. The predicted molar refractivity (Wildman–Crippen MR) is 75.1 cm³/mol. The highest BCUT2D eigenvalue weighted by Gasteiger charge is 2.15. The standard InChI is InChI=1S/C13H22FN5/c1-3-15-13-16-10-11(14)12(17-13)18(2)8-9-19-6-4-5-7-19/h10H,3-9H2,1-2H3,(H,15,16,17). The molecule has 19 heavy (non-hydrogen) atoms. The molecule has 0 bridgehead atoms. The van der Waals surface area contributed by atoms with Gasteiger partial charge >= 0.3 is 0 Å². The van der Waals surface area contributed by atoms with Crippen LogP contribution in [0.2, 0.25) is 0 Å². The maximum atomic E-state index is 13.8. The van der Waals surface area contributed by atoms with Crippen LogP contribution in [0.1, 0.15) is 19.8 Å². The van der Waals surface area contributed by atoms with Crippen LogP contribution in [0.5, 0.6) is 0 Å². The van der Waals surface area contributed by atoms with E-state index in [2.05, 4.69) is 20.2 Å². The van der Waals surface area contributed by atoms with Crippen molar-refractivity contribution in [1.82, 2.24) is 14.9 Å². The number of nitrogens with zero attached hydrogens (tertiary/aromatic N) is 4. The molecule has 1 aromatic heterocycles. The van der Waals surface area contributed by atoms with Crippen molar-refractivity contribution < 1.29 is 4.39 Å². The summed E-state index contributed by atoms with van der Waals surface area (Å²) in [5.41, 5.74) is 0. The fraction of sp³-hybridized carbons (Fsp3) is 0.692. The number of hydrogen-bond donors (Lipinski definition) is 1. The summed E-state index contributed by atoms with van der Waals surface area (Å²) in [6, 6.07) is 0. The van der Waals surface area contributed by atoms with Gasteiger partial charge in [-0.3, -0.25) is 0 Å². The minimum absolute atomic E-state index is 0.366. The third kappa shape index (κ3) is 3.76. The molecular formula is C13H22FN5. The normalized spacial score (nSPS) is 15.7. The van der Waals surface area contributed by atoms with Crippen LogP contribution in [-0.4, -0.2) is 54.6 Å². The number of aromatic nitrogens is 2. The van der Waals surface area contributed by atoms with E-state index in [1.54, 1.807) is 0 Å². The van der Waals surface area contributed by atoms with Gasteiger partial charge in [0, 0.05) is 26.7 Å². The second-order valence-electron chi connectivity index (χ2n) is 4.87. The summed E-state index contributed by atoms with van der Waals surface area (Å²) in [6.07, 6.45) is 3.78. The zero-order valence-corrected chi connectivity index (χ0v) is 11.7. The van der Waals surface area contributed by atoms with Gasteiger partial charge in [-0.1, -0.05) is 0 Å². The Morgan fingerprint density at radius 2 is 2.16 bits per heavy atom. The van der Waals surface area contributed by atoms with Gasteiger partial charge in [0.2, 0.25) is 5.95 Å². The molecule has 1 saturated heterocycles. The minimum Gasteiger partial charge on any atom is -0.356 e. The molecule has 1 aliphatic heterocycles. The van der Waals surface area contributed by atoms with E-state index in [0.717, 1.165) is 32.7 Å². The predicted octanol–water partition coefficient (Wildman–Crippen LogP) is 1.58. The monoisotopic (exact) mass is 267 g/mol. The van der Waals surface area contributed by atoms with Crippen molar-refractivity contribution >= 4 is 11.8 Å². The lowest BCUT2D eigenvalue weighted by Gasteiger charge is -2.22. The van der Waals surface area contributed by atoms with E-state index in [0.29, 0.717) is 11.8 Å². The van der Waals surface area contributed by atoms with E-state index in [-0.39, 0.29) is 5.82 Å². The number of likely N-dealkylation sites (N-methyl/N-ethyl adjacent to an activating group) is 1. The third-order valence-corrected chi connectivity index (χ3v) is 3.37. The minimum atomic E-state index is -0.370. The molecule has 0 aromatic carbocycles. The van der Waals surface area contributed by atoms with E-state index < -0.39 is 0 Å². The summed E-state index contributed by atoms with van der Waals surface area (Å²) in [5.74, 6) is 0.475. The van der Waals surface area contributed by atoms with Gasteiger partial charge in [-0.2, -0.15) is 4.98 Å². The Bertz CT molecular complexity index is 406. The lowest BCUT2D eigenvalue weighted by molar-refractivity contribution is 0.346. The van der Waals surface area contributed by atoms with Crippen molar-refractivity contribution in [3.8, 4) is 0 Å². The molecule has 1 N–H and O–H groups in total. The molecule has 1 aliphatic rings. The lowest BCUT2D eigenvalue weighted by atomic mass is 10.4. The Morgan fingerprint density at radius 3 is 2.84 bits per heavy atom. The van der Waals surface area contributed by atoms with E-state index in [9.17, 15) is 4.39 Å². The molecule has 2 heterocycles. The van der Waals surface area contributed by atoms with Gasteiger partial charge in [-0.05, 0) is 32.9 Å². The van der Waals surface area contributed by atoms with Crippen LogP contribution in [0.4, 0.5) is 16.2 Å². The summed E-state index contributed by atoms with van der Waals surface area (Å²) in [4.78, 5) is 12.4. The van der Waals surface area contributed by atoms with Crippen LogP contribution in [0.15, 0.2) is 6.20 Å². The van der Waals surface area contributed by atoms with Crippen LogP contribution in [0.25, 0.3) is 0 Å². The van der Waals surface area contributed by atoms with E-state index in [4.69, 9.17) is 0 Å². The topological polar surface area (TPSA) is 44.3 Å². The molecule has 5 nitrogen and oxygen atoms in total. The molecule has 0 spiro atoms. The molecule has 6 heteroatoms. The number of anilines is 2. The van der Waals surface area contributed by atoms with E-state index in [1.165, 1.54) is 19.0 Å². The first-order chi connectivity index (χ1) is 9.20. The van der Waals surface area contributed by atoms with Crippen LogP contribution < -0.4 is 10.2 Å². The Kier molecular flexibility index (Phi) is 4.90. The Labute approximate surface area is 113 Å². The number of halogens is 1. The molecule has 0 radical (unpaired) electrons. The van der Waals surface area contributed by atoms with E-state index >= 15 is 0 Å². The van der Waals surface area contributed by atoms with Crippen LogP contribution in [0, 0.1) is 5.82 Å². The largest absolute Gasteiger partial charge is 0.356 e. The average molecular weight is 267 g/mol. The third-order valence-electron chi connectivity index (χ3n) is 3.37. The van der Waals surface area contributed by atoms with Gasteiger partial charge in [0.25, 0.3) is 0 Å². The highest BCUT2D eigenvalue weighted by Crippen LogP contribution is 2.16. The van der Waals surface area contributed by atoms with Crippen molar-refractivity contribution in [2.75, 3.05) is 50.0 Å². The van der Waals surface area contributed by atoms with Gasteiger partial charge in [-0.25, -0.2) is 9.37 Å². The first kappa shape index (κ1) is 14.0. The smallest absolute Gasteiger partial charge is 0.224 e. The SMILES string of the molecule is CCNc1ncc(F)c(N(C)CCN2CCCC2)n1. The fourth-order valence-electron chi connectivity index (χ4n) is 2.27. The first-order valence-corrected chi connectivity index (χ1v) is 6.90. The number of nitrogens with one attached hydrogen (secondary N) is 1. The summed E-state index contributed by atoms with van der Waals surface area (Å²) in [7, 11) is 1.87. The molecule has 0 atom stereocenters. The summed E-state index contributed by atoms with van der Waals surface area (Å²) in [6.45, 7) is 6.73. The highest BCUT2D eigenvalue weighted by atomic mass is 19.1. The van der Waals surface area contributed by atoms with Crippen molar-refractivity contribution in [3.05, 3.63) is 12.0 Å². The molecule has 0 saturated carbocycles. The van der Waals surface area contributed by atoms with Crippen LogP contribution >= 0.6 is 0 Å². The Hall–Kier alpha value is -1.43. The molecular weight excluding hydrogens is 245 g/mol. The molecule has 2 rings (SSSR count). The van der Waals surface area contributed by atoms with Crippen LogP contribution in [-0.2, 0) is 0 Å². The fourth-order valence-corrected chi connectivity index (χ4v) is 2.27. The van der Waals surface area contributed by atoms with Gasteiger partial charge < -0.3 is 15.1 Å². The molecule has 1 fully saturated rings. The molecule has 0 unspecified atom stereocenters. The number of rotatable bonds is 6. The molecule has 106 valence electrons. The Morgan fingerprint density at radius 1 is 1.42 bits per heavy atom.